The lowest BCUT2D eigenvalue weighted by molar-refractivity contribution is -0.126. The molecule has 1 saturated carbocycles. The van der Waals surface area contributed by atoms with Gasteiger partial charge in [0.1, 0.15) is 5.75 Å². The van der Waals surface area contributed by atoms with E-state index in [-0.39, 0.29) is 11.8 Å². The van der Waals surface area contributed by atoms with Gasteiger partial charge in [0, 0.05) is 24.1 Å². The average Bonchev–Trinajstić information content (AvgIpc) is 3.42. The highest BCUT2D eigenvalue weighted by molar-refractivity contribution is 5.87. The Morgan fingerprint density at radius 3 is 2.58 bits per heavy atom. The smallest absolute Gasteiger partial charge is 0.223 e. The number of nitrogens with one attached hydrogen (secondary N) is 1. The fourth-order valence-corrected chi connectivity index (χ4v) is 3.61. The Morgan fingerprint density at radius 2 is 1.83 bits per heavy atom. The van der Waals surface area contributed by atoms with Crippen LogP contribution in [0, 0.1) is 5.92 Å². The second-order valence-electron chi connectivity index (χ2n) is 7.12. The van der Waals surface area contributed by atoms with Crippen molar-refractivity contribution in [3.05, 3.63) is 42.0 Å². The molecule has 2 aromatic rings. The highest BCUT2D eigenvalue weighted by Gasteiger charge is 2.30. The average molecular weight is 324 g/mol. The van der Waals surface area contributed by atoms with Crippen molar-refractivity contribution in [2.75, 3.05) is 13.1 Å². The molecule has 2 aliphatic rings. The van der Waals surface area contributed by atoms with Gasteiger partial charge in [0.2, 0.25) is 5.91 Å². The van der Waals surface area contributed by atoms with Crippen LogP contribution in [0.25, 0.3) is 10.8 Å². The first-order valence-electron chi connectivity index (χ1n) is 8.93. The van der Waals surface area contributed by atoms with Crippen LogP contribution in [0.2, 0.25) is 0 Å². The number of benzene rings is 2. The second-order valence-corrected chi connectivity index (χ2v) is 7.12. The third-order valence-corrected chi connectivity index (χ3v) is 5.28. The van der Waals surface area contributed by atoms with E-state index < -0.39 is 0 Å². The van der Waals surface area contributed by atoms with E-state index in [1.54, 1.807) is 6.07 Å². The van der Waals surface area contributed by atoms with Gasteiger partial charge < -0.3 is 10.4 Å². The molecule has 1 heterocycles. The minimum atomic E-state index is 0.156. The maximum Gasteiger partial charge on any atom is 0.223 e. The molecule has 1 aliphatic carbocycles. The number of piperidine rings is 1. The van der Waals surface area contributed by atoms with Gasteiger partial charge in [-0.15, -0.1) is 0 Å². The highest BCUT2D eigenvalue weighted by atomic mass is 16.3. The Bertz CT molecular complexity index is 746. The zero-order valence-corrected chi connectivity index (χ0v) is 13.9. The summed E-state index contributed by atoms with van der Waals surface area (Å²) in [6, 6.07) is 12.4. The van der Waals surface area contributed by atoms with Gasteiger partial charge in [-0.25, -0.2) is 0 Å². The Hall–Kier alpha value is -2.07. The van der Waals surface area contributed by atoms with Gasteiger partial charge >= 0.3 is 0 Å². The SMILES string of the molecule is O=C(NC1CC1)C1CCN(Cc2c(O)ccc3ccccc23)CC1. The number of nitrogens with zero attached hydrogens (tertiary/aromatic N) is 1. The Labute approximate surface area is 142 Å². The van der Waals surface area contributed by atoms with Crippen molar-refractivity contribution in [1.82, 2.24) is 10.2 Å². The summed E-state index contributed by atoms with van der Waals surface area (Å²) < 4.78 is 0. The molecule has 24 heavy (non-hydrogen) atoms. The molecule has 2 N–H and O–H groups in total. The van der Waals surface area contributed by atoms with E-state index in [0.29, 0.717) is 11.8 Å². The zero-order chi connectivity index (χ0) is 16.5. The fourth-order valence-electron chi connectivity index (χ4n) is 3.61. The summed E-state index contributed by atoms with van der Waals surface area (Å²) in [6.07, 6.45) is 4.10. The number of rotatable bonds is 4. The van der Waals surface area contributed by atoms with Crippen LogP contribution in [0.5, 0.6) is 5.75 Å². The van der Waals surface area contributed by atoms with E-state index in [9.17, 15) is 9.90 Å². The molecular formula is C20H24N2O2. The third kappa shape index (κ3) is 3.24. The number of likely N-dealkylation sites (tertiary alicyclic amines) is 1. The van der Waals surface area contributed by atoms with Gasteiger partial charge in [0.15, 0.2) is 0 Å². The van der Waals surface area contributed by atoms with E-state index >= 15 is 0 Å². The van der Waals surface area contributed by atoms with Crippen LogP contribution >= 0.6 is 0 Å². The van der Waals surface area contributed by atoms with E-state index in [1.807, 2.05) is 18.2 Å². The molecule has 1 saturated heterocycles. The van der Waals surface area contributed by atoms with Crippen LogP contribution in [0.3, 0.4) is 0 Å². The zero-order valence-electron chi connectivity index (χ0n) is 13.9. The summed E-state index contributed by atoms with van der Waals surface area (Å²) >= 11 is 0. The van der Waals surface area contributed by atoms with Gasteiger partial charge in [0.05, 0.1) is 0 Å². The molecule has 0 atom stereocenters. The number of phenolic OH excluding ortho intramolecular Hbond substituents is 1. The number of fused-ring (bicyclic) bond motifs is 1. The summed E-state index contributed by atoms with van der Waals surface area (Å²) in [5, 5.41) is 15.7. The number of amides is 1. The maximum absolute atomic E-state index is 12.2. The lowest BCUT2D eigenvalue weighted by atomic mass is 9.95. The Morgan fingerprint density at radius 1 is 1.08 bits per heavy atom. The van der Waals surface area contributed by atoms with E-state index in [4.69, 9.17) is 0 Å². The lowest BCUT2D eigenvalue weighted by Gasteiger charge is -2.31. The molecule has 0 radical (unpaired) electrons. The number of carbonyl (C=O) groups is 1. The first-order chi connectivity index (χ1) is 11.7. The van der Waals surface area contributed by atoms with Gasteiger partial charge in [0.25, 0.3) is 0 Å². The predicted molar refractivity (Wildman–Crippen MR) is 94.8 cm³/mol. The van der Waals surface area contributed by atoms with Crippen molar-refractivity contribution < 1.29 is 9.90 Å². The van der Waals surface area contributed by atoms with Crippen molar-refractivity contribution in [3.63, 3.8) is 0 Å². The fraction of sp³-hybridized carbons (Fsp3) is 0.450. The summed E-state index contributed by atoms with van der Waals surface area (Å²) in [4.78, 5) is 14.5. The molecule has 4 heteroatoms. The van der Waals surface area contributed by atoms with Crippen molar-refractivity contribution >= 4 is 16.7 Å². The highest BCUT2D eigenvalue weighted by Crippen LogP contribution is 2.30. The molecule has 4 nitrogen and oxygen atoms in total. The first kappa shape index (κ1) is 15.5. The Kier molecular flexibility index (Phi) is 4.15. The van der Waals surface area contributed by atoms with Crippen LogP contribution in [0.15, 0.2) is 36.4 Å². The molecule has 2 aromatic carbocycles. The van der Waals surface area contributed by atoms with Crippen LogP contribution < -0.4 is 5.32 Å². The molecule has 2 fully saturated rings. The molecule has 0 unspecified atom stereocenters. The molecule has 1 aliphatic heterocycles. The van der Waals surface area contributed by atoms with Crippen molar-refractivity contribution in [1.29, 1.82) is 0 Å². The maximum atomic E-state index is 12.2. The summed E-state index contributed by atoms with van der Waals surface area (Å²) in [6.45, 7) is 2.56. The van der Waals surface area contributed by atoms with Crippen LogP contribution in [-0.4, -0.2) is 35.0 Å². The quantitative estimate of drug-likeness (QED) is 0.909. The Balaban J connectivity index is 1.42. The minimum absolute atomic E-state index is 0.156. The third-order valence-electron chi connectivity index (χ3n) is 5.28. The normalized spacial score (nSPS) is 19.5. The molecule has 4 rings (SSSR count). The van der Waals surface area contributed by atoms with Gasteiger partial charge in [-0.05, 0) is 55.6 Å². The summed E-state index contributed by atoms with van der Waals surface area (Å²) in [5.41, 5.74) is 0.994. The monoisotopic (exact) mass is 324 g/mol. The van der Waals surface area contributed by atoms with E-state index in [2.05, 4.69) is 22.3 Å². The molecule has 0 aromatic heterocycles. The van der Waals surface area contributed by atoms with Crippen molar-refractivity contribution in [2.45, 2.75) is 38.3 Å². The number of hydrogen-bond donors (Lipinski definition) is 2. The van der Waals surface area contributed by atoms with Crippen LogP contribution in [0.4, 0.5) is 0 Å². The minimum Gasteiger partial charge on any atom is -0.508 e. The number of hydrogen-bond acceptors (Lipinski definition) is 3. The van der Waals surface area contributed by atoms with Crippen molar-refractivity contribution in [2.24, 2.45) is 5.92 Å². The summed E-state index contributed by atoms with van der Waals surface area (Å²) in [5.74, 6) is 0.760. The topological polar surface area (TPSA) is 52.6 Å². The molecule has 0 spiro atoms. The van der Waals surface area contributed by atoms with E-state index in [0.717, 1.165) is 61.7 Å². The van der Waals surface area contributed by atoms with Gasteiger partial charge in [-0.2, -0.15) is 0 Å². The number of aromatic hydroxyl groups is 1. The number of phenols is 1. The van der Waals surface area contributed by atoms with Crippen LogP contribution in [-0.2, 0) is 11.3 Å². The van der Waals surface area contributed by atoms with E-state index in [1.165, 1.54) is 0 Å². The first-order valence-corrected chi connectivity index (χ1v) is 8.93. The standard InChI is InChI=1S/C20H24N2O2/c23-19-8-5-14-3-1-2-4-17(14)18(19)13-22-11-9-15(10-12-22)20(24)21-16-6-7-16/h1-5,8,15-16,23H,6-7,9-13H2,(H,21,24). The molecule has 0 bridgehead atoms. The van der Waals surface area contributed by atoms with Gasteiger partial charge in [-0.3, -0.25) is 9.69 Å². The summed E-state index contributed by atoms with van der Waals surface area (Å²) in [7, 11) is 0. The molecule has 1 amide bonds. The molecule has 126 valence electrons. The van der Waals surface area contributed by atoms with Crippen molar-refractivity contribution in [3.8, 4) is 5.75 Å². The van der Waals surface area contributed by atoms with Gasteiger partial charge in [-0.1, -0.05) is 30.3 Å². The lowest BCUT2D eigenvalue weighted by Crippen LogP contribution is -2.40. The van der Waals surface area contributed by atoms with Crippen LogP contribution in [0.1, 0.15) is 31.2 Å². The molecular weight excluding hydrogens is 300 g/mol. The predicted octanol–water partition coefficient (Wildman–Crippen LogP) is 3.04. The number of carbonyl (C=O) groups excluding carboxylic acids is 1. The largest absolute Gasteiger partial charge is 0.508 e. The second kappa shape index (κ2) is 6.44.